The number of benzene rings is 1. The highest BCUT2D eigenvalue weighted by Crippen LogP contribution is 2.18. The zero-order chi connectivity index (χ0) is 16.3. The largest absolute Gasteiger partial charge is 0.351 e. The molecule has 22 heavy (non-hydrogen) atoms. The summed E-state index contributed by atoms with van der Waals surface area (Å²) in [6, 6.07) is 5.93. The van der Waals surface area contributed by atoms with Crippen LogP contribution in [-0.2, 0) is 4.79 Å². The third-order valence-electron chi connectivity index (χ3n) is 3.83. The van der Waals surface area contributed by atoms with Gasteiger partial charge < -0.3 is 10.2 Å². The van der Waals surface area contributed by atoms with Gasteiger partial charge in [-0.1, -0.05) is 32.9 Å². The van der Waals surface area contributed by atoms with Crippen LogP contribution in [0.25, 0.3) is 0 Å². The molecule has 1 aliphatic rings. The van der Waals surface area contributed by atoms with E-state index >= 15 is 0 Å². The normalized spacial score (nSPS) is 18.9. The van der Waals surface area contributed by atoms with Gasteiger partial charge in [0.2, 0.25) is 5.91 Å². The molecule has 120 valence electrons. The maximum atomic E-state index is 13.7. The molecule has 1 aliphatic heterocycles. The number of hydrogen-bond donors (Lipinski definition) is 1. The standard InChI is InChI=1S/C17H23FN2O2/c1-17(2,3)16(22)19-12-7-6-10-20(11-12)15(21)13-8-4-5-9-14(13)18/h4-5,8-9,12H,6-7,10-11H2,1-3H3,(H,19,22). The Morgan fingerprint density at radius 2 is 1.95 bits per heavy atom. The monoisotopic (exact) mass is 306 g/mol. The van der Waals surface area contributed by atoms with Gasteiger partial charge in [-0.25, -0.2) is 4.39 Å². The van der Waals surface area contributed by atoms with Crippen LogP contribution in [0, 0.1) is 11.2 Å². The predicted molar refractivity (Wildman–Crippen MR) is 82.9 cm³/mol. The molecule has 0 bridgehead atoms. The summed E-state index contributed by atoms with van der Waals surface area (Å²) in [4.78, 5) is 26.1. The first kappa shape index (κ1) is 16.5. The summed E-state index contributed by atoms with van der Waals surface area (Å²) in [5.41, 5.74) is -0.372. The zero-order valence-electron chi connectivity index (χ0n) is 13.4. The minimum absolute atomic E-state index is 0.0299. The number of amides is 2. The Labute approximate surface area is 130 Å². The lowest BCUT2D eigenvalue weighted by molar-refractivity contribution is -0.129. The number of piperidine rings is 1. The van der Waals surface area contributed by atoms with E-state index in [9.17, 15) is 14.0 Å². The minimum atomic E-state index is -0.506. The van der Waals surface area contributed by atoms with Crippen LogP contribution in [0.15, 0.2) is 24.3 Å². The molecule has 4 nitrogen and oxygen atoms in total. The lowest BCUT2D eigenvalue weighted by Crippen LogP contribution is -2.51. The summed E-state index contributed by atoms with van der Waals surface area (Å²) in [5.74, 6) is -0.848. The highest BCUT2D eigenvalue weighted by molar-refractivity contribution is 5.94. The number of rotatable bonds is 2. The quantitative estimate of drug-likeness (QED) is 0.913. The number of likely N-dealkylation sites (tertiary alicyclic amines) is 1. The van der Waals surface area contributed by atoms with Crippen molar-refractivity contribution in [2.24, 2.45) is 5.41 Å². The fourth-order valence-electron chi connectivity index (χ4n) is 2.49. The number of nitrogens with zero attached hydrogens (tertiary/aromatic N) is 1. The Bertz CT molecular complexity index is 566. The molecular formula is C17H23FN2O2. The lowest BCUT2D eigenvalue weighted by atomic mass is 9.94. The van der Waals surface area contributed by atoms with Crippen LogP contribution in [0.2, 0.25) is 0 Å². The first-order valence-corrected chi connectivity index (χ1v) is 7.64. The number of carbonyl (C=O) groups is 2. The molecule has 2 amide bonds. The van der Waals surface area contributed by atoms with Crippen molar-refractivity contribution in [2.75, 3.05) is 13.1 Å². The Morgan fingerprint density at radius 1 is 1.27 bits per heavy atom. The highest BCUT2D eigenvalue weighted by atomic mass is 19.1. The lowest BCUT2D eigenvalue weighted by Gasteiger charge is -2.34. The van der Waals surface area contributed by atoms with Crippen LogP contribution >= 0.6 is 0 Å². The van der Waals surface area contributed by atoms with E-state index in [4.69, 9.17) is 0 Å². The average molecular weight is 306 g/mol. The Morgan fingerprint density at radius 3 is 2.59 bits per heavy atom. The average Bonchev–Trinajstić information content (AvgIpc) is 2.46. The summed E-state index contributed by atoms with van der Waals surface area (Å²) in [6.45, 7) is 6.58. The molecule has 1 heterocycles. The Kier molecular flexibility index (Phi) is 4.84. The summed E-state index contributed by atoms with van der Waals surface area (Å²) in [5, 5.41) is 2.98. The van der Waals surface area contributed by atoms with Gasteiger partial charge in [0.25, 0.3) is 5.91 Å². The summed E-state index contributed by atoms with van der Waals surface area (Å²) in [7, 11) is 0. The van der Waals surface area contributed by atoms with Gasteiger partial charge in [-0.3, -0.25) is 9.59 Å². The van der Waals surface area contributed by atoms with E-state index in [0.29, 0.717) is 13.1 Å². The van der Waals surface area contributed by atoms with E-state index in [2.05, 4.69) is 5.32 Å². The van der Waals surface area contributed by atoms with Crippen molar-refractivity contribution in [3.8, 4) is 0 Å². The summed E-state index contributed by atoms with van der Waals surface area (Å²) in [6.07, 6.45) is 1.64. The molecule has 0 aliphatic carbocycles. The smallest absolute Gasteiger partial charge is 0.256 e. The van der Waals surface area contributed by atoms with Crippen LogP contribution in [0.4, 0.5) is 4.39 Å². The highest BCUT2D eigenvalue weighted by Gasteiger charge is 2.29. The van der Waals surface area contributed by atoms with Crippen molar-refractivity contribution in [1.29, 1.82) is 0 Å². The van der Waals surface area contributed by atoms with E-state index in [1.165, 1.54) is 12.1 Å². The molecule has 0 radical (unpaired) electrons. The van der Waals surface area contributed by atoms with Gasteiger partial charge in [0.15, 0.2) is 0 Å². The molecule has 1 atom stereocenters. The number of carbonyl (C=O) groups excluding carboxylic acids is 2. The fraction of sp³-hybridized carbons (Fsp3) is 0.529. The van der Waals surface area contributed by atoms with Crippen molar-refractivity contribution >= 4 is 11.8 Å². The topological polar surface area (TPSA) is 49.4 Å². The third kappa shape index (κ3) is 3.84. The van der Waals surface area contributed by atoms with E-state index in [-0.39, 0.29) is 23.4 Å². The van der Waals surface area contributed by atoms with Crippen molar-refractivity contribution in [3.63, 3.8) is 0 Å². The van der Waals surface area contributed by atoms with Gasteiger partial charge in [-0.15, -0.1) is 0 Å². The van der Waals surface area contributed by atoms with Crippen LogP contribution in [0.5, 0.6) is 0 Å². The van der Waals surface area contributed by atoms with Gasteiger partial charge in [0.05, 0.1) is 5.56 Å². The third-order valence-corrected chi connectivity index (χ3v) is 3.83. The molecule has 2 rings (SSSR count). The van der Waals surface area contributed by atoms with Crippen molar-refractivity contribution in [3.05, 3.63) is 35.6 Å². The van der Waals surface area contributed by atoms with Gasteiger partial charge in [-0.2, -0.15) is 0 Å². The molecule has 1 fully saturated rings. The van der Waals surface area contributed by atoms with Gasteiger partial charge in [0, 0.05) is 24.5 Å². The first-order chi connectivity index (χ1) is 10.3. The molecule has 5 heteroatoms. The van der Waals surface area contributed by atoms with Crippen LogP contribution in [0.3, 0.4) is 0 Å². The number of halogens is 1. The van der Waals surface area contributed by atoms with Crippen LogP contribution < -0.4 is 5.32 Å². The SMILES string of the molecule is CC(C)(C)C(=O)NC1CCCN(C(=O)c2ccccc2F)C1. The van der Waals surface area contributed by atoms with Crippen molar-refractivity contribution < 1.29 is 14.0 Å². The van der Waals surface area contributed by atoms with Crippen LogP contribution in [-0.4, -0.2) is 35.8 Å². The molecule has 1 aromatic carbocycles. The van der Waals surface area contributed by atoms with Gasteiger partial charge in [0.1, 0.15) is 5.82 Å². The predicted octanol–water partition coefficient (Wildman–Crippen LogP) is 2.59. The molecular weight excluding hydrogens is 283 g/mol. The van der Waals surface area contributed by atoms with Crippen molar-refractivity contribution in [1.82, 2.24) is 10.2 Å². The van der Waals surface area contributed by atoms with E-state index < -0.39 is 11.2 Å². The number of hydrogen-bond acceptors (Lipinski definition) is 2. The Balaban J connectivity index is 2.03. The molecule has 0 spiro atoms. The maximum absolute atomic E-state index is 13.7. The molecule has 0 saturated carbocycles. The van der Waals surface area contributed by atoms with Gasteiger partial charge in [-0.05, 0) is 25.0 Å². The summed E-state index contributed by atoms with van der Waals surface area (Å²) >= 11 is 0. The summed E-state index contributed by atoms with van der Waals surface area (Å²) < 4.78 is 13.7. The minimum Gasteiger partial charge on any atom is -0.351 e. The maximum Gasteiger partial charge on any atom is 0.256 e. The van der Waals surface area contributed by atoms with Crippen LogP contribution in [0.1, 0.15) is 44.0 Å². The second kappa shape index (κ2) is 6.46. The Hall–Kier alpha value is -1.91. The van der Waals surface area contributed by atoms with Crippen molar-refractivity contribution in [2.45, 2.75) is 39.7 Å². The molecule has 1 N–H and O–H groups in total. The molecule has 0 aromatic heterocycles. The number of nitrogens with one attached hydrogen (secondary N) is 1. The van der Waals surface area contributed by atoms with E-state index in [1.807, 2.05) is 20.8 Å². The molecule has 1 unspecified atom stereocenters. The first-order valence-electron chi connectivity index (χ1n) is 7.64. The molecule has 1 saturated heterocycles. The second-order valence-corrected chi connectivity index (χ2v) is 6.79. The van der Waals surface area contributed by atoms with E-state index in [0.717, 1.165) is 12.8 Å². The second-order valence-electron chi connectivity index (χ2n) is 6.79. The van der Waals surface area contributed by atoms with E-state index in [1.54, 1.807) is 17.0 Å². The molecule has 1 aromatic rings. The van der Waals surface area contributed by atoms with Gasteiger partial charge >= 0.3 is 0 Å². The fourth-order valence-corrected chi connectivity index (χ4v) is 2.49. The zero-order valence-corrected chi connectivity index (χ0v) is 13.4.